The van der Waals surface area contributed by atoms with Crippen molar-refractivity contribution in [2.45, 2.75) is 26.9 Å². The quantitative estimate of drug-likeness (QED) is 0.349. The Morgan fingerprint density at radius 2 is 1.70 bits per heavy atom. The second kappa shape index (κ2) is 12.3. The molecule has 5 heteroatoms. The van der Waals surface area contributed by atoms with Crippen LogP contribution in [0.15, 0.2) is 78.9 Å². The normalized spacial score (nSPS) is 10.9. The molecule has 0 heterocycles. The minimum Gasteiger partial charge on any atom is -0.493 e. The highest BCUT2D eigenvalue weighted by Crippen LogP contribution is 2.29. The molecule has 0 aliphatic carbocycles. The van der Waals surface area contributed by atoms with Gasteiger partial charge in [0.25, 0.3) is 0 Å². The van der Waals surface area contributed by atoms with E-state index in [0.717, 1.165) is 23.3 Å². The fraction of sp³-hybridized carbons (Fsp3) is 0.250. The smallest absolute Gasteiger partial charge is 0.248 e. The Hall–Kier alpha value is -3.73. The molecule has 0 saturated heterocycles. The molecule has 33 heavy (non-hydrogen) atoms. The van der Waals surface area contributed by atoms with Crippen molar-refractivity contribution in [2.75, 3.05) is 19.0 Å². The van der Waals surface area contributed by atoms with Crippen LogP contribution in [0.25, 0.3) is 6.08 Å². The Kier molecular flexibility index (Phi) is 8.95. The molecule has 0 fully saturated rings. The van der Waals surface area contributed by atoms with Gasteiger partial charge >= 0.3 is 0 Å². The third-order valence-corrected chi connectivity index (χ3v) is 4.94. The van der Waals surface area contributed by atoms with Crippen LogP contribution in [0.4, 0.5) is 5.69 Å². The Bertz CT molecular complexity index is 1040. The Morgan fingerprint density at radius 3 is 2.39 bits per heavy atom. The molecule has 5 nitrogen and oxygen atoms in total. The monoisotopic (exact) mass is 445 g/mol. The van der Waals surface area contributed by atoms with E-state index in [1.807, 2.05) is 72.8 Å². The van der Waals surface area contributed by atoms with E-state index in [1.165, 1.54) is 6.08 Å². The van der Waals surface area contributed by atoms with Crippen molar-refractivity contribution < 1.29 is 19.0 Å². The van der Waals surface area contributed by atoms with Crippen LogP contribution in [0.5, 0.6) is 17.2 Å². The maximum Gasteiger partial charge on any atom is 0.248 e. The first-order valence-corrected chi connectivity index (χ1v) is 11.1. The van der Waals surface area contributed by atoms with Gasteiger partial charge < -0.3 is 19.5 Å². The number of hydrogen-bond donors (Lipinski definition) is 1. The molecule has 0 aromatic heterocycles. The second-order valence-corrected chi connectivity index (χ2v) is 8.06. The van der Waals surface area contributed by atoms with E-state index in [1.54, 1.807) is 13.2 Å². The fourth-order valence-corrected chi connectivity index (χ4v) is 3.04. The molecule has 0 aliphatic rings. The summed E-state index contributed by atoms with van der Waals surface area (Å²) in [6, 6.07) is 22.9. The van der Waals surface area contributed by atoms with Crippen LogP contribution in [0.2, 0.25) is 0 Å². The zero-order valence-electron chi connectivity index (χ0n) is 19.4. The van der Waals surface area contributed by atoms with Crippen LogP contribution >= 0.6 is 0 Å². The zero-order valence-corrected chi connectivity index (χ0v) is 19.4. The Balaban J connectivity index is 1.51. The summed E-state index contributed by atoms with van der Waals surface area (Å²) in [6.45, 7) is 5.46. The molecule has 0 aliphatic heterocycles. The number of methoxy groups -OCH3 is 1. The molecular weight excluding hydrogens is 414 g/mol. The van der Waals surface area contributed by atoms with Gasteiger partial charge in [0.15, 0.2) is 11.5 Å². The molecule has 1 N–H and O–H groups in total. The summed E-state index contributed by atoms with van der Waals surface area (Å²) in [5, 5.41) is 2.85. The van der Waals surface area contributed by atoms with E-state index in [0.29, 0.717) is 36.3 Å². The summed E-state index contributed by atoms with van der Waals surface area (Å²) in [5.41, 5.74) is 2.65. The molecular formula is C28H31NO4. The van der Waals surface area contributed by atoms with E-state index in [4.69, 9.17) is 14.2 Å². The third kappa shape index (κ3) is 8.04. The maximum atomic E-state index is 12.3. The number of amides is 1. The molecule has 1 amide bonds. The molecule has 0 bridgehead atoms. The van der Waals surface area contributed by atoms with E-state index >= 15 is 0 Å². The highest BCUT2D eigenvalue weighted by atomic mass is 16.5. The maximum absolute atomic E-state index is 12.3. The molecule has 3 rings (SSSR count). The summed E-state index contributed by atoms with van der Waals surface area (Å²) >= 11 is 0. The molecule has 0 saturated carbocycles. The number of carbonyl (C=O) groups is 1. The first-order chi connectivity index (χ1) is 16.0. The summed E-state index contributed by atoms with van der Waals surface area (Å²) in [4.78, 5) is 12.3. The van der Waals surface area contributed by atoms with Gasteiger partial charge in [0.05, 0.1) is 13.7 Å². The van der Waals surface area contributed by atoms with E-state index in [-0.39, 0.29) is 5.91 Å². The van der Waals surface area contributed by atoms with Crippen LogP contribution < -0.4 is 19.5 Å². The number of carbonyl (C=O) groups excluding carboxylic acids is 1. The minimum absolute atomic E-state index is 0.218. The van der Waals surface area contributed by atoms with Crippen molar-refractivity contribution in [3.63, 3.8) is 0 Å². The lowest BCUT2D eigenvalue weighted by Gasteiger charge is -2.12. The lowest BCUT2D eigenvalue weighted by Crippen LogP contribution is -2.07. The molecule has 3 aromatic carbocycles. The van der Waals surface area contributed by atoms with Crippen molar-refractivity contribution in [2.24, 2.45) is 5.92 Å². The lowest BCUT2D eigenvalue weighted by molar-refractivity contribution is -0.111. The Labute approximate surface area is 196 Å². The van der Waals surface area contributed by atoms with Crippen molar-refractivity contribution in [3.8, 4) is 17.2 Å². The summed E-state index contributed by atoms with van der Waals surface area (Å²) in [6.07, 6.45) is 4.21. The van der Waals surface area contributed by atoms with E-state index in [2.05, 4.69) is 19.2 Å². The molecule has 0 spiro atoms. The molecule has 3 aromatic rings. The number of rotatable bonds is 11. The zero-order chi connectivity index (χ0) is 23.5. The van der Waals surface area contributed by atoms with Gasteiger partial charge in [-0.25, -0.2) is 0 Å². The van der Waals surface area contributed by atoms with Crippen molar-refractivity contribution >= 4 is 17.7 Å². The standard InChI is InChI=1S/C28H31NO4/c1-21(2)17-18-32-26-15-9-22(19-27(26)31-3)10-16-28(30)29-24-11-13-25(14-12-24)33-20-23-7-5-4-6-8-23/h4-16,19,21H,17-18,20H2,1-3H3,(H,29,30). The number of nitrogens with one attached hydrogen (secondary N) is 1. The topological polar surface area (TPSA) is 56.8 Å². The van der Waals surface area contributed by atoms with Gasteiger partial charge in [-0.2, -0.15) is 0 Å². The Morgan fingerprint density at radius 1 is 0.939 bits per heavy atom. The average Bonchev–Trinajstić information content (AvgIpc) is 2.83. The highest BCUT2D eigenvalue weighted by Gasteiger charge is 2.06. The third-order valence-electron chi connectivity index (χ3n) is 4.94. The van der Waals surface area contributed by atoms with Crippen LogP contribution in [0.3, 0.4) is 0 Å². The molecule has 172 valence electrons. The minimum atomic E-state index is -0.218. The fourth-order valence-electron chi connectivity index (χ4n) is 3.04. The number of hydrogen-bond acceptors (Lipinski definition) is 4. The summed E-state index contributed by atoms with van der Waals surface area (Å²) < 4.78 is 17.0. The first kappa shape index (κ1) is 23.9. The van der Waals surface area contributed by atoms with Crippen molar-refractivity contribution in [3.05, 3.63) is 90.0 Å². The predicted octanol–water partition coefficient (Wildman–Crippen LogP) is 6.35. The molecule has 0 radical (unpaired) electrons. The van der Waals surface area contributed by atoms with Crippen molar-refractivity contribution in [1.29, 1.82) is 0 Å². The van der Waals surface area contributed by atoms with Gasteiger partial charge in [-0.3, -0.25) is 4.79 Å². The van der Waals surface area contributed by atoms with Crippen LogP contribution in [-0.4, -0.2) is 19.6 Å². The van der Waals surface area contributed by atoms with Gasteiger partial charge in [-0.1, -0.05) is 50.2 Å². The van der Waals surface area contributed by atoms with Crippen molar-refractivity contribution in [1.82, 2.24) is 0 Å². The van der Waals surface area contributed by atoms with E-state index < -0.39 is 0 Å². The van der Waals surface area contributed by atoms with Gasteiger partial charge in [-0.05, 0) is 65.9 Å². The molecule has 0 unspecified atom stereocenters. The first-order valence-electron chi connectivity index (χ1n) is 11.1. The SMILES string of the molecule is COc1cc(C=CC(=O)Nc2ccc(OCc3ccccc3)cc2)ccc1OCCC(C)C. The summed E-state index contributed by atoms with van der Waals surface area (Å²) in [5.74, 6) is 2.45. The summed E-state index contributed by atoms with van der Waals surface area (Å²) in [7, 11) is 1.61. The predicted molar refractivity (Wildman–Crippen MR) is 133 cm³/mol. The second-order valence-electron chi connectivity index (χ2n) is 8.06. The molecule has 0 atom stereocenters. The number of benzene rings is 3. The van der Waals surface area contributed by atoms with Gasteiger partial charge in [-0.15, -0.1) is 0 Å². The van der Waals surface area contributed by atoms with Crippen LogP contribution in [-0.2, 0) is 11.4 Å². The van der Waals surface area contributed by atoms with Gasteiger partial charge in [0.2, 0.25) is 5.91 Å². The van der Waals surface area contributed by atoms with E-state index in [9.17, 15) is 4.79 Å². The lowest BCUT2D eigenvalue weighted by atomic mass is 10.1. The van der Waals surface area contributed by atoms with Crippen LogP contribution in [0.1, 0.15) is 31.4 Å². The largest absolute Gasteiger partial charge is 0.493 e. The van der Waals surface area contributed by atoms with Gasteiger partial charge in [0.1, 0.15) is 12.4 Å². The number of ether oxygens (including phenoxy) is 3. The highest BCUT2D eigenvalue weighted by molar-refractivity contribution is 6.02. The van der Waals surface area contributed by atoms with Gasteiger partial charge in [0, 0.05) is 11.8 Å². The average molecular weight is 446 g/mol. The number of anilines is 1. The van der Waals surface area contributed by atoms with Crippen LogP contribution in [0, 0.1) is 5.92 Å².